The van der Waals surface area contributed by atoms with Crippen LogP contribution in [0.25, 0.3) is 0 Å². The summed E-state index contributed by atoms with van der Waals surface area (Å²) in [4.78, 5) is 23.7. The predicted molar refractivity (Wildman–Crippen MR) is 46.8 cm³/mol. The van der Waals surface area contributed by atoms with E-state index >= 15 is 0 Å². The van der Waals surface area contributed by atoms with E-state index in [1.807, 2.05) is 0 Å². The maximum absolute atomic E-state index is 11.3. The summed E-state index contributed by atoms with van der Waals surface area (Å²) in [6.45, 7) is 3.22. The largest absolute Gasteiger partial charge is 0.394 e. The van der Waals surface area contributed by atoms with Crippen LogP contribution >= 0.6 is 0 Å². The molecule has 0 saturated carbocycles. The number of amides is 2. The van der Waals surface area contributed by atoms with Crippen LogP contribution in [-0.4, -0.2) is 34.5 Å². The zero-order chi connectivity index (χ0) is 9.84. The van der Waals surface area contributed by atoms with Crippen molar-refractivity contribution in [3.63, 3.8) is 0 Å². The summed E-state index contributed by atoms with van der Waals surface area (Å²) < 4.78 is 0. The van der Waals surface area contributed by atoms with Crippen LogP contribution < -0.4 is 0 Å². The van der Waals surface area contributed by atoms with Crippen LogP contribution in [-0.2, 0) is 9.59 Å². The van der Waals surface area contributed by atoms with E-state index in [1.165, 1.54) is 6.08 Å². The summed E-state index contributed by atoms with van der Waals surface area (Å²) in [6, 6.07) is -0.555. The van der Waals surface area contributed by atoms with E-state index < -0.39 is 6.04 Å². The van der Waals surface area contributed by atoms with E-state index in [-0.39, 0.29) is 18.4 Å². The van der Waals surface area contributed by atoms with E-state index in [0.29, 0.717) is 19.3 Å². The highest BCUT2D eigenvalue weighted by molar-refractivity contribution is 5.98. The SMILES string of the molecule is C=C[C@H](CO)N1C(=O)CCCC1=O. The van der Waals surface area contributed by atoms with Crippen molar-refractivity contribution in [2.24, 2.45) is 0 Å². The Kier molecular flexibility index (Phi) is 3.19. The maximum Gasteiger partial charge on any atom is 0.229 e. The molecule has 0 radical (unpaired) electrons. The Morgan fingerprint density at radius 2 is 2.00 bits per heavy atom. The fraction of sp³-hybridized carbons (Fsp3) is 0.556. The third kappa shape index (κ3) is 1.95. The highest BCUT2D eigenvalue weighted by atomic mass is 16.3. The molecule has 0 aromatic heterocycles. The number of carbonyl (C=O) groups is 2. The Balaban J connectivity index is 2.78. The second-order valence-electron chi connectivity index (χ2n) is 3.00. The minimum atomic E-state index is -0.555. The molecule has 1 saturated heterocycles. The average molecular weight is 183 g/mol. The van der Waals surface area contributed by atoms with Crippen LogP contribution in [0.5, 0.6) is 0 Å². The lowest BCUT2D eigenvalue weighted by molar-refractivity contribution is -0.150. The zero-order valence-electron chi connectivity index (χ0n) is 7.40. The Morgan fingerprint density at radius 3 is 2.38 bits per heavy atom. The van der Waals surface area contributed by atoms with Crippen molar-refractivity contribution >= 4 is 11.8 Å². The van der Waals surface area contributed by atoms with Gasteiger partial charge < -0.3 is 5.11 Å². The summed E-state index contributed by atoms with van der Waals surface area (Å²) in [5.41, 5.74) is 0. The van der Waals surface area contributed by atoms with Crippen molar-refractivity contribution < 1.29 is 14.7 Å². The molecule has 1 fully saturated rings. The van der Waals surface area contributed by atoms with Gasteiger partial charge >= 0.3 is 0 Å². The van der Waals surface area contributed by atoms with E-state index in [9.17, 15) is 9.59 Å². The molecule has 0 spiro atoms. The highest BCUT2D eigenvalue weighted by Crippen LogP contribution is 2.15. The van der Waals surface area contributed by atoms with Gasteiger partial charge in [0.15, 0.2) is 0 Å². The molecule has 0 aromatic carbocycles. The maximum atomic E-state index is 11.3. The van der Waals surface area contributed by atoms with Crippen molar-refractivity contribution in [2.75, 3.05) is 6.61 Å². The molecule has 0 aliphatic carbocycles. The van der Waals surface area contributed by atoms with Crippen LogP contribution in [0.2, 0.25) is 0 Å². The molecule has 1 aliphatic rings. The number of hydrogen-bond donors (Lipinski definition) is 1. The third-order valence-corrected chi connectivity index (χ3v) is 2.11. The predicted octanol–water partition coefficient (Wildman–Crippen LogP) is 0.0724. The summed E-state index contributed by atoms with van der Waals surface area (Å²) in [5, 5.41) is 8.90. The third-order valence-electron chi connectivity index (χ3n) is 2.11. The minimum Gasteiger partial charge on any atom is -0.394 e. The van der Waals surface area contributed by atoms with E-state index in [1.54, 1.807) is 0 Å². The standard InChI is InChI=1S/C9H13NO3/c1-2-7(6-11)10-8(12)4-3-5-9(10)13/h2,7,11H,1,3-6H2/t7-/m1/s1. The molecule has 1 aliphatic heterocycles. The van der Waals surface area contributed by atoms with Crippen LogP contribution in [0.3, 0.4) is 0 Å². The van der Waals surface area contributed by atoms with Crippen molar-refractivity contribution in [1.82, 2.24) is 4.90 Å². The van der Waals surface area contributed by atoms with Gasteiger partial charge in [-0.2, -0.15) is 0 Å². The molecule has 0 aromatic rings. The minimum absolute atomic E-state index is 0.213. The zero-order valence-corrected chi connectivity index (χ0v) is 7.40. The quantitative estimate of drug-likeness (QED) is 0.497. The molecule has 4 nitrogen and oxygen atoms in total. The van der Waals surface area contributed by atoms with Gasteiger partial charge in [0.2, 0.25) is 11.8 Å². The average Bonchev–Trinajstić information content (AvgIpc) is 2.11. The van der Waals surface area contributed by atoms with Crippen molar-refractivity contribution in [3.8, 4) is 0 Å². The smallest absolute Gasteiger partial charge is 0.229 e. The van der Waals surface area contributed by atoms with E-state index in [2.05, 4.69) is 6.58 Å². The van der Waals surface area contributed by atoms with Gasteiger partial charge in [0, 0.05) is 12.8 Å². The van der Waals surface area contributed by atoms with Crippen LogP contribution in [0.1, 0.15) is 19.3 Å². The molecule has 4 heteroatoms. The van der Waals surface area contributed by atoms with Crippen molar-refractivity contribution in [3.05, 3.63) is 12.7 Å². The monoisotopic (exact) mass is 183 g/mol. The first-order valence-electron chi connectivity index (χ1n) is 4.29. The number of piperidine rings is 1. The number of likely N-dealkylation sites (tertiary alicyclic amines) is 1. The molecular formula is C9H13NO3. The van der Waals surface area contributed by atoms with Gasteiger partial charge in [0.25, 0.3) is 0 Å². The number of aliphatic hydroxyl groups excluding tert-OH is 1. The Labute approximate surface area is 76.8 Å². The number of rotatable bonds is 3. The molecule has 1 atom stereocenters. The molecule has 72 valence electrons. The molecule has 1 rings (SSSR count). The van der Waals surface area contributed by atoms with Crippen LogP contribution in [0.4, 0.5) is 0 Å². The van der Waals surface area contributed by atoms with Gasteiger partial charge in [-0.15, -0.1) is 6.58 Å². The van der Waals surface area contributed by atoms with Gasteiger partial charge in [-0.05, 0) is 6.42 Å². The van der Waals surface area contributed by atoms with E-state index in [0.717, 1.165) is 4.90 Å². The number of carbonyl (C=O) groups excluding carboxylic acids is 2. The molecule has 13 heavy (non-hydrogen) atoms. The molecule has 1 N–H and O–H groups in total. The first-order valence-corrected chi connectivity index (χ1v) is 4.29. The number of imide groups is 1. The highest BCUT2D eigenvalue weighted by Gasteiger charge is 2.30. The number of aliphatic hydroxyl groups is 1. The normalized spacial score (nSPS) is 20.2. The molecule has 0 unspecified atom stereocenters. The summed E-state index contributed by atoms with van der Waals surface area (Å²) >= 11 is 0. The lowest BCUT2D eigenvalue weighted by Crippen LogP contribution is -2.47. The van der Waals surface area contributed by atoms with Gasteiger partial charge in [-0.25, -0.2) is 0 Å². The first-order chi connectivity index (χ1) is 6.20. The Hall–Kier alpha value is -1.16. The Morgan fingerprint density at radius 1 is 1.46 bits per heavy atom. The second kappa shape index (κ2) is 4.18. The van der Waals surface area contributed by atoms with Crippen LogP contribution in [0.15, 0.2) is 12.7 Å². The first kappa shape index (κ1) is 9.92. The lowest BCUT2D eigenvalue weighted by atomic mass is 10.1. The van der Waals surface area contributed by atoms with Gasteiger partial charge in [0.1, 0.15) is 0 Å². The molecule has 2 amide bonds. The number of nitrogens with zero attached hydrogens (tertiary/aromatic N) is 1. The Bertz CT molecular complexity index is 221. The fourth-order valence-electron chi connectivity index (χ4n) is 1.40. The second-order valence-corrected chi connectivity index (χ2v) is 3.00. The van der Waals surface area contributed by atoms with Crippen LogP contribution in [0, 0.1) is 0 Å². The molecular weight excluding hydrogens is 170 g/mol. The van der Waals surface area contributed by atoms with Crippen molar-refractivity contribution in [1.29, 1.82) is 0 Å². The van der Waals surface area contributed by atoms with E-state index in [4.69, 9.17) is 5.11 Å². The molecule has 0 bridgehead atoms. The topological polar surface area (TPSA) is 57.6 Å². The molecule has 1 heterocycles. The summed E-state index contributed by atoms with van der Waals surface area (Å²) in [6.07, 6.45) is 2.80. The van der Waals surface area contributed by atoms with Gasteiger partial charge in [-0.1, -0.05) is 6.08 Å². The van der Waals surface area contributed by atoms with Crippen molar-refractivity contribution in [2.45, 2.75) is 25.3 Å². The summed E-state index contributed by atoms with van der Waals surface area (Å²) in [5.74, 6) is -0.426. The fourth-order valence-corrected chi connectivity index (χ4v) is 1.40. The lowest BCUT2D eigenvalue weighted by Gasteiger charge is -2.29. The van der Waals surface area contributed by atoms with Gasteiger partial charge in [0.05, 0.1) is 12.6 Å². The van der Waals surface area contributed by atoms with Gasteiger partial charge in [-0.3, -0.25) is 14.5 Å². The number of hydrogen-bond acceptors (Lipinski definition) is 3. The summed E-state index contributed by atoms with van der Waals surface area (Å²) in [7, 11) is 0.